The summed E-state index contributed by atoms with van der Waals surface area (Å²) in [4.78, 5) is 2.46. The smallest absolute Gasteiger partial charge is 0.0622 e. The number of halogens is 1. The molecule has 0 aromatic carbocycles. The van der Waals surface area contributed by atoms with E-state index in [0.717, 1.165) is 24.5 Å². The van der Waals surface area contributed by atoms with Gasteiger partial charge in [-0.15, -0.1) is 0 Å². The van der Waals surface area contributed by atoms with E-state index in [-0.39, 0.29) is 0 Å². The number of hydrogen-bond donors (Lipinski definition) is 0. The highest BCUT2D eigenvalue weighted by atomic mass is 79.9. The summed E-state index contributed by atoms with van der Waals surface area (Å²) in [6.07, 6.45) is 3.80. The van der Waals surface area contributed by atoms with Crippen LogP contribution in [0.2, 0.25) is 0 Å². The van der Waals surface area contributed by atoms with Crippen molar-refractivity contribution in [2.75, 3.05) is 32.1 Å². The largest absolute Gasteiger partial charge is 0.380 e. The van der Waals surface area contributed by atoms with E-state index in [9.17, 15) is 0 Å². The van der Waals surface area contributed by atoms with Gasteiger partial charge in [0, 0.05) is 18.0 Å². The van der Waals surface area contributed by atoms with E-state index in [1.165, 1.54) is 25.8 Å². The molecule has 1 aliphatic heterocycles. The third-order valence-corrected chi connectivity index (χ3v) is 3.56. The zero-order valence-electron chi connectivity index (χ0n) is 9.34. The topological polar surface area (TPSA) is 12.5 Å². The summed E-state index contributed by atoms with van der Waals surface area (Å²) >= 11 is 3.49. The molecule has 2 unspecified atom stereocenters. The highest BCUT2D eigenvalue weighted by Gasteiger charge is 2.19. The van der Waals surface area contributed by atoms with Crippen LogP contribution in [0.15, 0.2) is 0 Å². The number of likely N-dealkylation sites (N-methyl/N-ethyl adjacent to an activating group) is 1. The molecule has 0 amide bonds. The molecule has 1 fully saturated rings. The molecule has 0 N–H and O–H groups in total. The van der Waals surface area contributed by atoms with Gasteiger partial charge in [0.15, 0.2) is 0 Å². The minimum atomic E-state index is 0.672. The van der Waals surface area contributed by atoms with Crippen molar-refractivity contribution in [3.8, 4) is 0 Å². The molecule has 1 heterocycles. The Balaban J connectivity index is 2.10. The van der Waals surface area contributed by atoms with Gasteiger partial charge < -0.3 is 9.64 Å². The third-order valence-electron chi connectivity index (χ3n) is 3.11. The van der Waals surface area contributed by atoms with Crippen LogP contribution in [0.25, 0.3) is 0 Å². The van der Waals surface area contributed by atoms with Gasteiger partial charge in [0.25, 0.3) is 0 Å². The van der Waals surface area contributed by atoms with E-state index in [0.29, 0.717) is 6.04 Å². The van der Waals surface area contributed by atoms with Crippen LogP contribution in [-0.4, -0.2) is 43.1 Å². The van der Waals surface area contributed by atoms with Gasteiger partial charge in [-0.1, -0.05) is 22.9 Å². The highest BCUT2D eigenvalue weighted by Crippen LogP contribution is 2.14. The van der Waals surface area contributed by atoms with Crippen molar-refractivity contribution in [3.05, 3.63) is 0 Å². The highest BCUT2D eigenvalue weighted by molar-refractivity contribution is 9.09. The van der Waals surface area contributed by atoms with E-state index in [4.69, 9.17) is 4.74 Å². The second kappa shape index (κ2) is 6.81. The lowest BCUT2D eigenvalue weighted by Crippen LogP contribution is -2.33. The quantitative estimate of drug-likeness (QED) is 0.683. The first-order valence-corrected chi connectivity index (χ1v) is 6.70. The van der Waals surface area contributed by atoms with Crippen LogP contribution in [-0.2, 0) is 4.74 Å². The number of ether oxygens (including phenoxy) is 1. The fourth-order valence-electron chi connectivity index (χ4n) is 1.81. The summed E-state index contributed by atoms with van der Waals surface area (Å²) in [5.41, 5.74) is 0. The Bertz CT molecular complexity index is 148. The summed E-state index contributed by atoms with van der Waals surface area (Å²) < 4.78 is 5.38. The Kier molecular flexibility index (Phi) is 6.06. The van der Waals surface area contributed by atoms with Gasteiger partial charge in [0.2, 0.25) is 0 Å². The van der Waals surface area contributed by atoms with Gasteiger partial charge >= 0.3 is 0 Å². The van der Waals surface area contributed by atoms with Crippen molar-refractivity contribution < 1.29 is 4.74 Å². The van der Waals surface area contributed by atoms with Crippen LogP contribution >= 0.6 is 15.9 Å². The summed E-state index contributed by atoms with van der Waals surface area (Å²) in [7, 11) is 2.22. The molecule has 84 valence electrons. The van der Waals surface area contributed by atoms with Crippen molar-refractivity contribution >= 4 is 15.9 Å². The normalized spacial score (nSPS) is 24.4. The molecule has 1 saturated heterocycles. The zero-order valence-corrected chi connectivity index (χ0v) is 10.9. The van der Waals surface area contributed by atoms with Crippen LogP contribution in [0.3, 0.4) is 0 Å². The Morgan fingerprint density at radius 2 is 2.29 bits per heavy atom. The molecule has 0 radical (unpaired) electrons. The minimum Gasteiger partial charge on any atom is -0.380 e. The van der Waals surface area contributed by atoms with E-state index in [2.05, 4.69) is 34.8 Å². The van der Waals surface area contributed by atoms with E-state index in [1.54, 1.807) is 0 Å². The monoisotopic (exact) mass is 263 g/mol. The molecule has 1 rings (SSSR count). The summed E-state index contributed by atoms with van der Waals surface area (Å²) in [6.45, 7) is 5.43. The first-order valence-electron chi connectivity index (χ1n) is 5.58. The molecule has 0 aromatic heterocycles. The maximum Gasteiger partial charge on any atom is 0.0622 e. The first kappa shape index (κ1) is 12.5. The third kappa shape index (κ3) is 4.28. The lowest BCUT2D eigenvalue weighted by Gasteiger charge is -2.24. The number of hydrogen-bond acceptors (Lipinski definition) is 2. The fraction of sp³-hybridized carbons (Fsp3) is 1.00. The van der Waals surface area contributed by atoms with E-state index >= 15 is 0 Å². The predicted molar refractivity (Wildman–Crippen MR) is 64.0 cm³/mol. The second-order valence-electron chi connectivity index (χ2n) is 4.37. The van der Waals surface area contributed by atoms with Gasteiger partial charge in [-0.05, 0) is 38.8 Å². The Morgan fingerprint density at radius 3 is 2.86 bits per heavy atom. The number of rotatable bonds is 6. The van der Waals surface area contributed by atoms with Crippen molar-refractivity contribution in [2.45, 2.75) is 32.2 Å². The zero-order chi connectivity index (χ0) is 10.4. The average Bonchev–Trinajstić information content (AvgIpc) is 2.67. The van der Waals surface area contributed by atoms with Crippen LogP contribution in [0.1, 0.15) is 26.2 Å². The van der Waals surface area contributed by atoms with Gasteiger partial charge in [0.1, 0.15) is 0 Å². The molecule has 3 heteroatoms. The average molecular weight is 264 g/mol. The van der Waals surface area contributed by atoms with Crippen molar-refractivity contribution in [3.63, 3.8) is 0 Å². The maximum absolute atomic E-state index is 5.38. The standard InChI is InChI=1S/C11H22BrNO/c1-10(3-6-12)4-7-13(2)11-5-8-14-9-11/h10-11H,3-9H2,1-2H3. The van der Waals surface area contributed by atoms with Crippen molar-refractivity contribution in [1.29, 1.82) is 0 Å². The molecule has 0 saturated carbocycles. The van der Waals surface area contributed by atoms with Crippen molar-refractivity contribution in [1.82, 2.24) is 4.90 Å². The van der Waals surface area contributed by atoms with Crippen LogP contribution in [0, 0.1) is 5.92 Å². The van der Waals surface area contributed by atoms with Crippen LogP contribution in [0.4, 0.5) is 0 Å². The van der Waals surface area contributed by atoms with Gasteiger partial charge in [0.05, 0.1) is 6.61 Å². The SMILES string of the molecule is CC(CCBr)CCN(C)C1CCOC1. The summed E-state index contributed by atoms with van der Waals surface area (Å²) in [5.74, 6) is 0.833. The second-order valence-corrected chi connectivity index (χ2v) is 5.16. The van der Waals surface area contributed by atoms with Crippen LogP contribution in [0.5, 0.6) is 0 Å². The predicted octanol–water partition coefficient (Wildman–Crippen LogP) is 2.52. The van der Waals surface area contributed by atoms with E-state index in [1.807, 2.05) is 0 Å². The Hall–Kier alpha value is 0.400. The Morgan fingerprint density at radius 1 is 1.50 bits per heavy atom. The molecular weight excluding hydrogens is 242 g/mol. The summed E-state index contributed by atoms with van der Waals surface area (Å²) in [5, 5.41) is 1.13. The molecule has 0 spiro atoms. The molecule has 14 heavy (non-hydrogen) atoms. The minimum absolute atomic E-state index is 0.672. The van der Waals surface area contributed by atoms with Gasteiger partial charge in [-0.2, -0.15) is 0 Å². The number of nitrogens with zero attached hydrogens (tertiary/aromatic N) is 1. The molecule has 2 atom stereocenters. The Labute approximate surface area is 96.1 Å². The first-order chi connectivity index (χ1) is 6.74. The number of alkyl halides is 1. The lowest BCUT2D eigenvalue weighted by molar-refractivity contribution is 0.156. The van der Waals surface area contributed by atoms with Gasteiger partial charge in [-0.25, -0.2) is 0 Å². The fourth-order valence-corrected chi connectivity index (χ4v) is 2.59. The molecule has 2 nitrogen and oxygen atoms in total. The molecule has 1 aliphatic rings. The van der Waals surface area contributed by atoms with Crippen molar-refractivity contribution in [2.24, 2.45) is 5.92 Å². The van der Waals surface area contributed by atoms with Gasteiger partial charge in [-0.3, -0.25) is 0 Å². The molecule has 0 bridgehead atoms. The molecule has 0 aromatic rings. The lowest BCUT2D eigenvalue weighted by atomic mass is 10.0. The molecule has 0 aliphatic carbocycles. The summed E-state index contributed by atoms with van der Waals surface area (Å²) in [6, 6.07) is 0.672. The maximum atomic E-state index is 5.38. The van der Waals surface area contributed by atoms with Crippen LogP contribution < -0.4 is 0 Å². The molecular formula is C11H22BrNO. The van der Waals surface area contributed by atoms with E-state index < -0.39 is 0 Å².